The smallest absolute Gasteiger partial charge is 0.381 e. The van der Waals surface area contributed by atoms with Crippen LogP contribution < -0.4 is 10.6 Å². The summed E-state index contributed by atoms with van der Waals surface area (Å²) in [5, 5.41) is 4.03. The molecule has 0 atom stereocenters. The molecular weight excluding hydrogens is 237 g/mol. The first-order valence-electron chi connectivity index (χ1n) is 5.47. The van der Waals surface area contributed by atoms with E-state index >= 15 is 0 Å². The van der Waals surface area contributed by atoms with Crippen LogP contribution in [0.4, 0.5) is 18.0 Å². The Morgan fingerprint density at radius 1 is 1.29 bits per heavy atom. The van der Waals surface area contributed by atoms with E-state index in [9.17, 15) is 18.0 Å². The van der Waals surface area contributed by atoms with Gasteiger partial charge in [-0.3, -0.25) is 0 Å². The SMILES string of the molecule is CC(C)COCCCNC(=O)NCC(F)(F)F. The molecule has 0 saturated heterocycles. The van der Waals surface area contributed by atoms with Gasteiger partial charge in [0.15, 0.2) is 0 Å². The summed E-state index contributed by atoms with van der Waals surface area (Å²) in [6.45, 7) is 4.13. The molecule has 0 radical (unpaired) electrons. The van der Waals surface area contributed by atoms with Crippen LogP contribution in [0.1, 0.15) is 20.3 Å². The number of urea groups is 1. The third kappa shape index (κ3) is 13.0. The van der Waals surface area contributed by atoms with Crippen molar-refractivity contribution in [3.05, 3.63) is 0 Å². The molecular formula is C10H19F3N2O2. The molecule has 17 heavy (non-hydrogen) atoms. The number of ether oxygens (including phenoxy) is 1. The number of hydrogen-bond donors (Lipinski definition) is 2. The lowest BCUT2D eigenvalue weighted by atomic mass is 10.2. The van der Waals surface area contributed by atoms with E-state index in [0.29, 0.717) is 32.1 Å². The number of alkyl halides is 3. The number of carbonyl (C=O) groups is 1. The lowest BCUT2D eigenvalue weighted by Gasteiger charge is -2.10. The summed E-state index contributed by atoms with van der Waals surface area (Å²) in [5.74, 6) is 0.443. The molecule has 0 rings (SSSR count). The van der Waals surface area contributed by atoms with E-state index < -0.39 is 18.8 Å². The van der Waals surface area contributed by atoms with Crippen molar-refractivity contribution in [2.45, 2.75) is 26.4 Å². The zero-order chi connectivity index (χ0) is 13.3. The predicted octanol–water partition coefficient (Wildman–Crippen LogP) is 1.91. The van der Waals surface area contributed by atoms with Crippen LogP contribution in [0.2, 0.25) is 0 Å². The van der Waals surface area contributed by atoms with Crippen molar-refractivity contribution in [1.29, 1.82) is 0 Å². The Kier molecular flexibility index (Phi) is 7.69. The van der Waals surface area contributed by atoms with Crippen molar-refractivity contribution in [2.24, 2.45) is 5.92 Å². The summed E-state index contributed by atoms with van der Waals surface area (Å²) in [6.07, 6.45) is -3.80. The van der Waals surface area contributed by atoms with Crippen molar-refractivity contribution in [3.63, 3.8) is 0 Å². The van der Waals surface area contributed by atoms with Crippen molar-refractivity contribution in [2.75, 3.05) is 26.3 Å². The van der Waals surface area contributed by atoms with Crippen LogP contribution in [-0.4, -0.2) is 38.5 Å². The van der Waals surface area contributed by atoms with Crippen LogP contribution in [0.3, 0.4) is 0 Å². The minimum atomic E-state index is -4.38. The topological polar surface area (TPSA) is 50.4 Å². The van der Waals surface area contributed by atoms with Crippen molar-refractivity contribution in [1.82, 2.24) is 10.6 Å². The van der Waals surface area contributed by atoms with Gasteiger partial charge < -0.3 is 15.4 Å². The number of amides is 2. The van der Waals surface area contributed by atoms with Crippen molar-refractivity contribution in [3.8, 4) is 0 Å². The summed E-state index contributed by atoms with van der Waals surface area (Å²) in [6, 6.07) is -0.814. The first-order valence-corrected chi connectivity index (χ1v) is 5.47. The first kappa shape index (κ1) is 16.0. The van der Waals surface area contributed by atoms with Crippen LogP contribution in [0.25, 0.3) is 0 Å². The van der Waals surface area contributed by atoms with Gasteiger partial charge in [0.2, 0.25) is 0 Å². The van der Waals surface area contributed by atoms with Gasteiger partial charge in [0, 0.05) is 19.8 Å². The molecule has 0 aliphatic carbocycles. The minimum absolute atomic E-state index is 0.293. The molecule has 102 valence electrons. The van der Waals surface area contributed by atoms with Crippen molar-refractivity contribution >= 4 is 6.03 Å². The molecule has 0 aliphatic heterocycles. The fourth-order valence-corrected chi connectivity index (χ4v) is 0.938. The lowest BCUT2D eigenvalue weighted by Crippen LogP contribution is -2.41. The lowest BCUT2D eigenvalue weighted by molar-refractivity contribution is -0.122. The highest BCUT2D eigenvalue weighted by Gasteiger charge is 2.27. The predicted molar refractivity (Wildman–Crippen MR) is 57.7 cm³/mol. The summed E-state index contributed by atoms with van der Waals surface area (Å²) < 4.78 is 40.4. The van der Waals surface area contributed by atoms with E-state index in [1.165, 1.54) is 0 Å². The Labute approximate surface area is 98.9 Å². The normalized spacial score (nSPS) is 11.6. The summed E-state index contributed by atoms with van der Waals surface area (Å²) in [5.41, 5.74) is 0. The average Bonchev–Trinajstić information content (AvgIpc) is 2.19. The Morgan fingerprint density at radius 2 is 1.94 bits per heavy atom. The van der Waals surface area contributed by atoms with Gasteiger partial charge in [-0.15, -0.1) is 0 Å². The van der Waals surface area contributed by atoms with Gasteiger partial charge in [-0.25, -0.2) is 4.79 Å². The molecule has 0 aromatic carbocycles. The van der Waals surface area contributed by atoms with E-state index in [1.54, 1.807) is 5.32 Å². The quantitative estimate of drug-likeness (QED) is 0.684. The molecule has 4 nitrogen and oxygen atoms in total. The maximum atomic E-state index is 11.7. The minimum Gasteiger partial charge on any atom is -0.381 e. The van der Waals surface area contributed by atoms with E-state index in [0.717, 1.165) is 0 Å². The first-order chi connectivity index (χ1) is 7.81. The third-order valence-corrected chi connectivity index (χ3v) is 1.65. The second kappa shape index (κ2) is 8.16. The van der Waals surface area contributed by atoms with Gasteiger partial charge in [-0.2, -0.15) is 13.2 Å². The summed E-state index contributed by atoms with van der Waals surface area (Å²) in [4.78, 5) is 10.9. The Bertz CT molecular complexity index is 220. The van der Waals surface area contributed by atoms with Crippen LogP contribution in [-0.2, 0) is 4.74 Å². The molecule has 0 saturated carbocycles. The number of hydrogen-bond acceptors (Lipinski definition) is 2. The van der Waals surface area contributed by atoms with Crippen LogP contribution >= 0.6 is 0 Å². The fourth-order valence-electron chi connectivity index (χ4n) is 0.938. The average molecular weight is 256 g/mol. The second-order valence-electron chi connectivity index (χ2n) is 4.05. The zero-order valence-electron chi connectivity index (χ0n) is 10.1. The monoisotopic (exact) mass is 256 g/mol. The van der Waals surface area contributed by atoms with Crippen LogP contribution in [0, 0.1) is 5.92 Å². The Hall–Kier alpha value is -0.980. The molecule has 0 spiro atoms. The van der Waals surface area contributed by atoms with Gasteiger partial charge in [0.1, 0.15) is 6.54 Å². The third-order valence-electron chi connectivity index (χ3n) is 1.65. The molecule has 0 aromatic rings. The maximum Gasteiger partial charge on any atom is 0.405 e. The second-order valence-corrected chi connectivity index (χ2v) is 4.05. The van der Waals surface area contributed by atoms with E-state index in [-0.39, 0.29) is 0 Å². The van der Waals surface area contributed by atoms with Gasteiger partial charge in [-0.05, 0) is 12.3 Å². The molecule has 0 fully saturated rings. The standard InChI is InChI=1S/C10H19F3N2O2/c1-8(2)6-17-5-3-4-14-9(16)15-7-10(11,12)13/h8H,3-7H2,1-2H3,(H2,14,15,16). The van der Waals surface area contributed by atoms with Gasteiger partial charge in [0.25, 0.3) is 0 Å². The highest BCUT2D eigenvalue weighted by atomic mass is 19.4. The molecule has 0 bridgehead atoms. The molecule has 0 aromatic heterocycles. The van der Waals surface area contributed by atoms with E-state index in [2.05, 4.69) is 5.32 Å². The summed E-state index contributed by atoms with van der Waals surface area (Å²) in [7, 11) is 0. The largest absolute Gasteiger partial charge is 0.405 e. The number of rotatable bonds is 7. The molecule has 0 heterocycles. The Morgan fingerprint density at radius 3 is 2.47 bits per heavy atom. The van der Waals surface area contributed by atoms with Crippen LogP contribution in [0.5, 0.6) is 0 Å². The Balaban J connectivity index is 3.34. The molecule has 2 amide bonds. The number of halogens is 3. The van der Waals surface area contributed by atoms with E-state index in [1.807, 2.05) is 13.8 Å². The van der Waals surface area contributed by atoms with Gasteiger partial charge >= 0.3 is 12.2 Å². The van der Waals surface area contributed by atoms with Crippen molar-refractivity contribution < 1.29 is 22.7 Å². The molecule has 0 unspecified atom stereocenters. The number of nitrogens with one attached hydrogen (secondary N) is 2. The number of carbonyl (C=O) groups excluding carboxylic acids is 1. The fraction of sp³-hybridized carbons (Fsp3) is 0.900. The molecule has 0 aliphatic rings. The highest BCUT2D eigenvalue weighted by molar-refractivity contribution is 5.73. The van der Waals surface area contributed by atoms with Gasteiger partial charge in [0.05, 0.1) is 0 Å². The van der Waals surface area contributed by atoms with E-state index in [4.69, 9.17) is 4.74 Å². The molecule has 7 heteroatoms. The zero-order valence-corrected chi connectivity index (χ0v) is 10.1. The molecule has 2 N–H and O–H groups in total. The maximum absolute atomic E-state index is 11.7. The highest BCUT2D eigenvalue weighted by Crippen LogP contribution is 2.11. The summed E-state index contributed by atoms with van der Waals surface area (Å²) >= 11 is 0. The van der Waals surface area contributed by atoms with Gasteiger partial charge in [-0.1, -0.05) is 13.8 Å². The van der Waals surface area contributed by atoms with Crippen LogP contribution in [0.15, 0.2) is 0 Å².